The third-order valence-electron chi connectivity index (χ3n) is 8.39. The van der Waals surface area contributed by atoms with Crippen LogP contribution in [0, 0.1) is 13.8 Å². The minimum Gasteiger partial charge on any atom is -0.450 e. The topological polar surface area (TPSA) is 7.94 Å². The van der Waals surface area contributed by atoms with Crippen molar-refractivity contribution >= 4 is 28.6 Å². The average Bonchev–Trinajstić information content (AvgIpc) is 3.25. The van der Waals surface area contributed by atoms with Gasteiger partial charge in [-0.15, -0.1) is 10.9 Å². The predicted molar refractivity (Wildman–Crippen MR) is 143 cm³/mol. The van der Waals surface area contributed by atoms with Crippen LogP contribution < -0.4 is 10.9 Å². The highest BCUT2D eigenvalue weighted by Crippen LogP contribution is 2.43. The molecule has 0 atom stereocenters. The van der Waals surface area contributed by atoms with Gasteiger partial charge in [0.05, 0.1) is 0 Å². The molecule has 0 amide bonds. The Kier molecular flexibility index (Phi) is 5.12. The number of hydrogen-bond acceptors (Lipinski definition) is 0. The van der Waals surface area contributed by atoms with Gasteiger partial charge >= 0.3 is 6.42 Å². The van der Waals surface area contributed by atoms with E-state index in [4.69, 9.17) is 0 Å². The number of allylic oxidation sites excluding steroid dienone is 3. The summed E-state index contributed by atoms with van der Waals surface area (Å²) in [5.74, 6) is 0. The van der Waals surface area contributed by atoms with E-state index in [0.717, 1.165) is 12.8 Å². The quantitative estimate of drug-likeness (QED) is 0.464. The van der Waals surface area contributed by atoms with E-state index in [1.165, 1.54) is 61.6 Å². The van der Waals surface area contributed by atoms with Gasteiger partial charge in [0.25, 0.3) is 0 Å². The van der Waals surface area contributed by atoms with Crippen LogP contribution in [0.15, 0.2) is 77.5 Å². The second kappa shape index (κ2) is 7.76. The molecule has 1 aromatic heterocycles. The Labute approximate surface area is 198 Å². The molecule has 2 nitrogen and oxygen atoms in total. The molecule has 2 aliphatic heterocycles. The van der Waals surface area contributed by atoms with Gasteiger partial charge in [0, 0.05) is 29.3 Å². The molecule has 168 valence electrons. The molecule has 0 bridgehead atoms. The first kappa shape index (κ1) is 21.8. The number of fused-ring (bicyclic) bond motifs is 2. The van der Waals surface area contributed by atoms with Crippen LogP contribution >= 0.6 is 0 Å². The van der Waals surface area contributed by atoms with Crippen LogP contribution in [0.5, 0.6) is 0 Å². The van der Waals surface area contributed by atoms with E-state index in [-0.39, 0.29) is 0 Å². The molecule has 0 unspecified atom stereocenters. The number of rotatable bonds is 4. The zero-order valence-corrected chi connectivity index (χ0v) is 21.2. The summed E-state index contributed by atoms with van der Waals surface area (Å²) in [6, 6.07) is 22.4. The number of nitrogens with zero attached hydrogens (tertiary/aromatic N) is 2. The minimum atomic E-state index is -1.45. The van der Waals surface area contributed by atoms with Crippen molar-refractivity contribution in [1.29, 1.82) is 0 Å². The summed E-state index contributed by atoms with van der Waals surface area (Å²) in [4.78, 5) is 0. The molecule has 0 fully saturated rings. The lowest BCUT2D eigenvalue weighted by Crippen LogP contribution is -2.73. The van der Waals surface area contributed by atoms with Crippen LogP contribution in [0.1, 0.15) is 63.6 Å². The summed E-state index contributed by atoms with van der Waals surface area (Å²) in [7, 11) is 0. The number of aromatic nitrogens is 1. The molecule has 0 saturated heterocycles. The van der Waals surface area contributed by atoms with Crippen LogP contribution in [0.4, 0.5) is 0 Å². The summed E-state index contributed by atoms with van der Waals surface area (Å²) < 4.78 is 5.43. The first-order valence-electron chi connectivity index (χ1n) is 12.4. The maximum Gasteiger partial charge on any atom is 0.434 e. The fourth-order valence-corrected chi connectivity index (χ4v) is 7.18. The Bertz CT molecular complexity index is 1310. The van der Waals surface area contributed by atoms with E-state index in [1.807, 2.05) is 0 Å². The first-order chi connectivity index (χ1) is 15.9. The molecule has 2 aliphatic rings. The smallest absolute Gasteiger partial charge is 0.434 e. The summed E-state index contributed by atoms with van der Waals surface area (Å²) in [6.45, 7) is 16.3. The second-order valence-corrected chi connectivity index (χ2v) is 9.74. The number of benzene rings is 2. The fraction of sp³-hybridized carbons (Fsp3) is 0.300. The lowest BCUT2D eigenvalue weighted by molar-refractivity contribution is -0.330. The van der Waals surface area contributed by atoms with Crippen molar-refractivity contribution in [1.82, 2.24) is 4.48 Å². The third kappa shape index (κ3) is 2.65. The van der Waals surface area contributed by atoms with Gasteiger partial charge in [0.2, 0.25) is 0 Å². The standard InChI is InChI=1S/C30H35BN2/c1-8-27-20(3)29-22(5)30-21(4)28(9-2)24(7)33(30)31(32(29)23(27)6,25-16-12-10-13-17-25)26-18-14-11-15-19-26/h10-19H,8-9H2,1-7H3. The van der Waals surface area contributed by atoms with Gasteiger partial charge in [0.15, 0.2) is 5.70 Å². The van der Waals surface area contributed by atoms with Gasteiger partial charge in [-0.05, 0) is 57.4 Å². The van der Waals surface area contributed by atoms with Gasteiger partial charge in [-0.3, -0.25) is 0 Å². The third-order valence-corrected chi connectivity index (χ3v) is 8.39. The molecule has 0 spiro atoms. The molecule has 0 aliphatic carbocycles. The molecule has 0 saturated carbocycles. The average molecular weight is 434 g/mol. The SMILES string of the molecule is CCC1=C(C)C2=C(C)c3c(C)c(CC)c(C)n3[B-](c3ccccc3)(c3ccccc3)[N+]2=C1C. The second-order valence-electron chi connectivity index (χ2n) is 9.74. The Morgan fingerprint density at radius 3 is 1.76 bits per heavy atom. The molecular formula is C30H35BN2. The van der Waals surface area contributed by atoms with Crippen LogP contribution in [0.2, 0.25) is 0 Å². The highest BCUT2D eigenvalue weighted by Gasteiger charge is 2.54. The van der Waals surface area contributed by atoms with E-state index in [2.05, 4.69) is 118 Å². The Morgan fingerprint density at radius 2 is 1.27 bits per heavy atom. The monoisotopic (exact) mass is 434 g/mol. The highest BCUT2D eigenvalue weighted by molar-refractivity contribution is 6.96. The van der Waals surface area contributed by atoms with Gasteiger partial charge in [-0.2, -0.15) is 0 Å². The van der Waals surface area contributed by atoms with Gasteiger partial charge in [-0.1, -0.05) is 74.5 Å². The summed E-state index contributed by atoms with van der Waals surface area (Å²) >= 11 is 0. The molecule has 5 rings (SSSR count). The van der Waals surface area contributed by atoms with Gasteiger partial charge in [0.1, 0.15) is 5.71 Å². The van der Waals surface area contributed by atoms with Crippen LogP contribution in [0.3, 0.4) is 0 Å². The molecule has 3 heterocycles. The van der Waals surface area contributed by atoms with E-state index in [0.29, 0.717) is 0 Å². The van der Waals surface area contributed by atoms with Crippen molar-refractivity contribution in [3.63, 3.8) is 0 Å². The van der Waals surface area contributed by atoms with E-state index < -0.39 is 6.42 Å². The van der Waals surface area contributed by atoms with Crippen molar-refractivity contribution in [3.8, 4) is 0 Å². The molecule has 3 aromatic rings. The molecule has 33 heavy (non-hydrogen) atoms. The van der Waals surface area contributed by atoms with Crippen molar-refractivity contribution in [2.75, 3.05) is 0 Å². The molecular weight excluding hydrogens is 399 g/mol. The predicted octanol–water partition coefficient (Wildman–Crippen LogP) is 5.73. The largest absolute Gasteiger partial charge is 0.450 e. The van der Waals surface area contributed by atoms with Crippen LogP contribution in [-0.2, 0) is 6.42 Å². The fourth-order valence-electron chi connectivity index (χ4n) is 7.18. The Hall–Kier alpha value is -3.07. The van der Waals surface area contributed by atoms with Gasteiger partial charge in [-0.25, -0.2) is 0 Å². The Balaban J connectivity index is 2.08. The van der Waals surface area contributed by atoms with Gasteiger partial charge < -0.3 is 8.96 Å². The van der Waals surface area contributed by atoms with E-state index >= 15 is 0 Å². The highest BCUT2D eigenvalue weighted by atomic mass is 15.2. The number of hydrogen-bond donors (Lipinski definition) is 0. The van der Waals surface area contributed by atoms with Crippen LogP contribution in [0.25, 0.3) is 5.57 Å². The lowest BCUT2D eigenvalue weighted by Gasteiger charge is -2.46. The summed E-state index contributed by atoms with van der Waals surface area (Å²) in [5.41, 5.74) is 15.6. The first-order valence-corrected chi connectivity index (χ1v) is 12.4. The molecule has 3 heteroatoms. The zero-order chi connectivity index (χ0) is 23.5. The molecule has 0 N–H and O–H groups in total. The van der Waals surface area contributed by atoms with E-state index in [9.17, 15) is 0 Å². The lowest BCUT2D eigenvalue weighted by atomic mass is 9.35. The summed E-state index contributed by atoms with van der Waals surface area (Å²) in [6.07, 6.45) is 0.646. The van der Waals surface area contributed by atoms with Crippen molar-refractivity contribution in [2.24, 2.45) is 0 Å². The maximum atomic E-state index is 2.72. The summed E-state index contributed by atoms with van der Waals surface area (Å²) in [5, 5.41) is 0. The molecule has 2 aromatic carbocycles. The molecule has 0 radical (unpaired) electrons. The van der Waals surface area contributed by atoms with Crippen molar-refractivity contribution in [2.45, 2.75) is 61.3 Å². The van der Waals surface area contributed by atoms with Crippen molar-refractivity contribution in [3.05, 3.63) is 100 Å². The van der Waals surface area contributed by atoms with E-state index in [1.54, 1.807) is 0 Å². The normalized spacial score (nSPS) is 17.1. The van der Waals surface area contributed by atoms with Crippen LogP contribution in [-0.4, -0.2) is 21.1 Å². The van der Waals surface area contributed by atoms with Crippen molar-refractivity contribution < 1.29 is 4.49 Å². The minimum absolute atomic E-state index is 1.05. The zero-order valence-electron chi connectivity index (χ0n) is 21.2. The Morgan fingerprint density at radius 1 is 0.727 bits per heavy atom. The maximum absolute atomic E-state index is 2.72.